The number of fused-ring (bicyclic) bond motifs is 1. The van der Waals surface area contributed by atoms with E-state index in [-0.39, 0.29) is 6.61 Å². The summed E-state index contributed by atoms with van der Waals surface area (Å²) in [4.78, 5) is 12.0. The summed E-state index contributed by atoms with van der Waals surface area (Å²) in [6, 6.07) is 18.9. The molecule has 1 fully saturated rings. The molecule has 1 saturated heterocycles. The van der Waals surface area contributed by atoms with Gasteiger partial charge in [0.2, 0.25) is 5.95 Å². The van der Waals surface area contributed by atoms with Crippen LogP contribution in [0.2, 0.25) is 0 Å². The largest absolute Gasteiger partial charge is 0.396 e. The molecule has 1 aromatic heterocycles. The van der Waals surface area contributed by atoms with E-state index in [1.54, 1.807) is 0 Å². The number of nitrogens with zero attached hydrogens (tertiary/aromatic N) is 3. The minimum Gasteiger partial charge on any atom is -0.396 e. The molecule has 0 spiro atoms. The van der Waals surface area contributed by atoms with Gasteiger partial charge in [0.15, 0.2) is 0 Å². The Kier molecular flexibility index (Phi) is 6.02. The molecule has 0 atom stereocenters. The van der Waals surface area contributed by atoms with E-state index < -0.39 is 0 Å². The SMILES string of the molecule is OCCCNc1nc(N2CCC(Cc3ccccc3)CC2)nc2ccccc12. The van der Waals surface area contributed by atoms with Crippen LogP contribution >= 0.6 is 0 Å². The summed E-state index contributed by atoms with van der Waals surface area (Å²) in [7, 11) is 0. The van der Waals surface area contributed by atoms with Crippen molar-refractivity contribution < 1.29 is 5.11 Å². The van der Waals surface area contributed by atoms with Crippen LogP contribution in [0, 0.1) is 5.92 Å². The zero-order chi connectivity index (χ0) is 19.2. The van der Waals surface area contributed by atoms with Gasteiger partial charge in [-0.1, -0.05) is 42.5 Å². The van der Waals surface area contributed by atoms with Gasteiger partial charge in [0.1, 0.15) is 5.82 Å². The second-order valence-corrected chi connectivity index (χ2v) is 7.51. The lowest BCUT2D eigenvalue weighted by molar-refractivity contribution is 0.292. The Hall–Kier alpha value is -2.66. The van der Waals surface area contributed by atoms with Crippen molar-refractivity contribution in [2.45, 2.75) is 25.7 Å². The summed E-state index contributed by atoms with van der Waals surface area (Å²) < 4.78 is 0. The van der Waals surface area contributed by atoms with E-state index in [2.05, 4.69) is 40.5 Å². The van der Waals surface area contributed by atoms with E-state index in [1.807, 2.05) is 24.3 Å². The molecule has 0 amide bonds. The van der Waals surface area contributed by atoms with Crippen molar-refractivity contribution in [3.8, 4) is 0 Å². The molecule has 2 aromatic carbocycles. The number of aliphatic hydroxyl groups is 1. The third kappa shape index (κ3) is 4.42. The topological polar surface area (TPSA) is 61.3 Å². The van der Waals surface area contributed by atoms with Crippen LogP contribution in [0.3, 0.4) is 0 Å². The molecule has 0 radical (unpaired) electrons. The van der Waals surface area contributed by atoms with Gasteiger partial charge in [-0.15, -0.1) is 0 Å². The molecule has 0 bridgehead atoms. The number of aromatic nitrogens is 2. The van der Waals surface area contributed by atoms with E-state index in [0.717, 1.165) is 48.1 Å². The highest BCUT2D eigenvalue weighted by atomic mass is 16.3. The number of hydrogen-bond acceptors (Lipinski definition) is 5. The van der Waals surface area contributed by atoms with Crippen molar-refractivity contribution in [3.63, 3.8) is 0 Å². The second-order valence-electron chi connectivity index (χ2n) is 7.51. The highest BCUT2D eigenvalue weighted by Crippen LogP contribution is 2.27. The monoisotopic (exact) mass is 376 g/mol. The van der Waals surface area contributed by atoms with Crippen LogP contribution in [0.15, 0.2) is 54.6 Å². The molecule has 0 saturated carbocycles. The van der Waals surface area contributed by atoms with Gasteiger partial charge < -0.3 is 15.3 Å². The molecule has 1 aliphatic rings. The van der Waals surface area contributed by atoms with Gasteiger partial charge in [-0.05, 0) is 49.3 Å². The average molecular weight is 377 g/mol. The molecular formula is C23H28N4O. The van der Waals surface area contributed by atoms with Crippen LogP contribution in [0.5, 0.6) is 0 Å². The zero-order valence-corrected chi connectivity index (χ0v) is 16.2. The van der Waals surface area contributed by atoms with E-state index in [0.29, 0.717) is 13.0 Å². The van der Waals surface area contributed by atoms with E-state index in [4.69, 9.17) is 15.1 Å². The summed E-state index contributed by atoms with van der Waals surface area (Å²) in [5.41, 5.74) is 2.39. The number of rotatable bonds is 7. The van der Waals surface area contributed by atoms with Crippen molar-refractivity contribution in [2.75, 3.05) is 36.5 Å². The van der Waals surface area contributed by atoms with Crippen LogP contribution in [-0.4, -0.2) is 41.3 Å². The van der Waals surface area contributed by atoms with E-state index >= 15 is 0 Å². The predicted octanol–water partition coefficient (Wildman–Crippen LogP) is 3.88. The molecule has 2 heterocycles. The Bertz CT molecular complexity index is 892. The summed E-state index contributed by atoms with van der Waals surface area (Å²) in [6.45, 7) is 2.87. The highest BCUT2D eigenvalue weighted by Gasteiger charge is 2.22. The van der Waals surface area contributed by atoms with E-state index in [1.165, 1.54) is 18.4 Å². The molecule has 28 heavy (non-hydrogen) atoms. The van der Waals surface area contributed by atoms with Gasteiger partial charge in [-0.2, -0.15) is 4.98 Å². The third-order valence-electron chi connectivity index (χ3n) is 5.48. The lowest BCUT2D eigenvalue weighted by atomic mass is 9.90. The Labute approximate surface area is 166 Å². The number of aliphatic hydroxyl groups excluding tert-OH is 1. The van der Waals surface area contributed by atoms with Crippen LogP contribution in [0.4, 0.5) is 11.8 Å². The molecule has 5 nitrogen and oxygen atoms in total. The van der Waals surface area contributed by atoms with Crippen molar-refractivity contribution in [1.29, 1.82) is 0 Å². The van der Waals surface area contributed by atoms with Gasteiger partial charge in [0, 0.05) is 31.6 Å². The van der Waals surface area contributed by atoms with Gasteiger partial charge >= 0.3 is 0 Å². The molecule has 146 valence electrons. The Balaban J connectivity index is 1.47. The summed E-state index contributed by atoms with van der Waals surface area (Å²) in [5, 5.41) is 13.5. The molecule has 1 aliphatic heterocycles. The van der Waals surface area contributed by atoms with Crippen molar-refractivity contribution in [2.24, 2.45) is 5.92 Å². The van der Waals surface area contributed by atoms with Crippen LogP contribution < -0.4 is 10.2 Å². The van der Waals surface area contributed by atoms with Crippen molar-refractivity contribution in [1.82, 2.24) is 9.97 Å². The summed E-state index contributed by atoms with van der Waals surface area (Å²) in [6.07, 6.45) is 4.19. The minimum absolute atomic E-state index is 0.178. The number of benzene rings is 2. The van der Waals surface area contributed by atoms with Crippen LogP contribution in [0.25, 0.3) is 10.9 Å². The van der Waals surface area contributed by atoms with E-state index in [9.17, 15) is 0 Å². The fourth-order valence-corrected chi connectivity index (χ4v) is 3.91. The molecule has 3 aromatic rings. The minimum atomic E-state index is 0.178. The number of para-hydroxylation sites is 1. The maximum atomic E-state index is 9.07. The predicted molar refractivity (Wildman–Crippen MR) is 115 cm³/mol. The molecule has 0 aliphatic carbocycles. The van der Waals surface area contributed by atoms with Gasteiger partial charge in [0.25, 0.3) is 0 Å². The standard InChI is InChI=1S/C23H28N4O/c28-16-6-13-24-22-20-9-4-5-10-21(20)25-23(26-22)27-14-11-19(12-15-27)17-18-7-2-1-3-8-18/h1-5,7-10,19,28H,6,11-17H2,(H,24,25,26). The fraction of sp³-hybridized carbons (Fsp3) is 0.391. The van der Waals surface area contributed by atoms with Crippen molar-refractivity contribution in [3.05, 3.63) is 60.2 Å². The first kappa shape index (κ1) is 18.7. The Morgan fingerprint density at radius 2 is 1.71 bits per heavy atom. The van der Waals surface area contributed by atoms with Crippen LogP contribution in [0.1, 0.15) is 24.8 Å². The first-order valence-electron chi connectivity index (χ1n) is 10.2. The quantitative estimate of drug-likeness (QED) is 0.613. The first-order chi connectivity index (χ1) is 13.8. The first-order valence-corrected chi connectivity index (χ1v) is 10.2. The molecule has 5 heteroatoms. The number of anilines is 2. The number of nitrogens with one attached hydrogen (secondary N) is 1. The smallest absolute Gasteiger partial charge is 0.227 e. The highest BCUT2D eigenvalue weighted by molar-refractivity contribution is 5.90. The maximum absolute atomic E-state index is 9.07. The molecule has 2 N–H and O–H groups in total. The molecule has 4 rings (SSSR count). The fourth-order valence-electron chi connectivity index (χ4n) is 3.91. The normalized spacial score (nSPS) is 15.1. The lowest BCUT2D eigenvalue weighted by Crippen LogP contribution is -2.35. The average Bonchev–Trinajstić information content (AvgIpc) is 2.75. The molecular weight excluding hydrogens is 348 g/mol. The zero-order valence-electron chi connectivity index (χ0n) is 16.2. The number of piperidine rings is 1. The Morgan fingerprint density at radius 1 is 0.964 bits per heavy atom. The van der Waals surface area contributed by atoms with Crippen LogP contribution in [-0.2, 0) is 6.42 Å². The van der Waals surface area contributed by atoms with Gasteiger partial charge in [-0.25, -0.2) is 4.98 Å². The summed E-state index contributed by atoms with van der Waals surface area (Å²) in [5.74, 6) is 2.39. The lowest BCUT2D eigenvalue weighted by Gasteiger charge is -2.32. The maximum Gasteiger partial charge on any atom is 0.227 e. The number of hydrogen-bond donors (Lipinski definition) is 2. The third-order valence-corrected chi connectivity index (χ3v) is 5.48. The molecule has 0 unspecified atom stereocenters. The Morgan fingerprint density at radius 3 is 2.50 bits per heavy atom. The summed E-state index contributed by atoms with van der Waals surface area (Å²) >= 11 is 0. The second kappa shape index (κ2) is 9.02. The van der Waals surface area contributed by atoms with Gasteiger partial charge in [0.05, 0.1) is 5.52 Å². The van der Waals surface area contributed by atoms with Gasteiger partial charge in [-0.3, -0.25) is 0 Å². The van der Waals surface area contributed by atoms with Crippen molar-refractivity contribution >= 4 is 22.7 Å².